The molecule has 0 aliphatic carbocycles. The van der Waals surface area contributed by atoms with Crippen LogP contribution < -0.4 is 5.32 Å². The summed E-state index contributed by atoms with van der Waals surface area (Å²) in [5.41, 5.74) is 1.08. The predicted molar refractivity (Wildman–Crippen MR) is 62.2 cm³/mol. The van der Waals surface area contributed by atoms with Crippen molar-refractivity contribution in [2.45, 2.75) is 19.4 Å². The number of carboxylic acids is 1. The highest BCUT2D eigenvalue weighted by Gasteiger charge is 2.31. The lowest BCUT2D eigenvalue weighted by molar-refractivity contribution is -0.129. The van der Waals surface area contributed by atoms with Crippen LogP contribution in [0.3, 0.4) is 0 Å². The van der Waals surface area contributed by atoms with E-state index in [0.29, 0.717) is 11.4 Å². The Bertz CT molecular complexity index is 527. The first-order valence-corrected chi connectivity index (χ1v) is 5.26. The summed E-state index contributed by atoms with van der Waals surface area (Å²) in [5, 5.41) is 14.7. The molecule has 1 aliphatic rings. The third kappa shape index (κ3) is 2.45. The van der Waals surface area contributed by atoms with E-state index in [9.17, 15) is 9.59 Å². The number of aromatic nitrogens is 1. The number of amides is 1. The summed E-state index contributed by atoms with van der Waals surface area (Å²) < 4.78 is 0. The third-order valence-corrected chi connectivity index (χ3v) is 2.47. The molecule has 0 aromatic carbocycles. The molecule has 0 fully saturated rings. The molecule has 0 radical (unpaired) electrons. The van der Waals surface area contributed by atoms with Crippen molar-refractivity contribution in [3.63, 3.8) is 0 Å². The van der Waals surface area contributed by atoms with Crippen molar-refractivity contribution in [2.24, 2.45) is 5.16 Å². The average Bonchev–Trinajstić information content (AvgIpc) is 2.81. The van der Waals surface area contributed by atoms with Crippen molar-refractivity contribution < 1.29 is 19.5 Å². The van der Waals surface area contributed by atoms with Crippen LogP contribution in [0.2, 0.25) is 0 Å². The minimum atomic E-state index is -1.18. The van der Waals surface area contributed by atoms with E-state index < -0.39 is 18.0 Å². The Labute approximate surface area is 102 Å². The number of aliphatic carboxylic acids is 1. The van der Waals surface area contributed by atoms with Gasteiger partial charge in [-0.05, 0) is 19.1 Å². The van der Waals surface area contributed by atoms with Crippen molar-refractivity contribution in [2.75, 3.05) is 5.32 Å². The van der Waals surface area contributed by atoms with Crippen molar-refractivity contribution in [1.82, 2.24) is 4.98 Å². The van der Waals surface area contributed by atoms with Gasteiger partial charge in [0, 0.05) is 12.6 Å². The highest BCUT2D eigenvalue weighted by atomic mass is 16.6. The third-order valence-electron chi connectivity index (χ3n) is 2.47. The molecular formula is C11H11N3O4. The van der Waals surface area contributed by atoms with Gasteiger partial charge in [0.2, 0.25) is 6.10 Å². The Hall–Kier alpha value is -2.44. The minimum absolute atomic E-state index is 0.0412. The average molecular weight is 249 g/mol. The second-order valence-electron chi connectivity index (χ2n) is 3.77. The highest BCUT2D eigenvalue weighted by Crippen LogP contribution is 2.15. The van der Waals surface area contributed by atoms with E-state index in [2.05, 4.69) is 15.5 Å². The fourth-order valence-electron chi connectivity index (χ4n) is 1.47. The van der Waals surface area contributed by atoms with Crippen LogP contribution in [0.5, 0.6) is 0 Å². The Balaban J connectivity index is 1.99. The molecule has 0 bridgehead atoms. The smallest absolute Gasteiger partial charge is 0.353 e. The predicted octanol–water partition coefficient (Wildman–Crippen LogP) is 0.558. The maximum Gasteiger partial charge on any atom is 0.353 e. The summed E-state index contributed by atoms with van der Waals surface area (Å²) >= 11 is 0. The molecule has 0 saturated heterocycles. The van der Waals surface area contributed by atoms with E-state index in [1.807, 2.05) is 0 Å². The molecular weight excluding hydrogens is 238 g/mol. The van der Waals surface area contributed by atoms with Crippen molar-refractivity contribution in [3.05, 3.63) is 24.0 Å². The number of carbonyl (C=O) groups is 2. The van der Waals surface area contributed by atoms with Gasteiger partial charge < -0.3 is 15.3 Å². The van der Waals surface area contributed by atoms with Gasteiger partial charge in [0.15, 0.2) is 5.71 Å². The Morgan fingerprint density at radius 1 is 1.56 bits per heavy atom. The zero-order valence-corrected chi connectivity index (χ0v) is 9.58. The number of carbonyl (C=O) groups excluding carboxylic acids is 1. The van der Waals surface area contributed by atoms with Crippen LogP contribution in [0.1, 0.15) is 12.1 Å². The molecule has 18 heavy (non-hydrogen) atoms. The number of pyridine rings is 1. The molecule has 1 aromatic heterocycles. The first-order valence-electron chi connectivity index (χ1n) is 5.26. The molecule has 0 spiro atoms. The van der Waals surface area contributed by atoms with E-state index in [-0.39, 0.29) is 12.1 Å². The summed E-state index contributed by atoms with van der Waals surface area (Å²) in [4.78, 5) is 31.2. The molecule has 0 saturated carbocycles. The normalized spacial score (nSPS) is 17.8. The number of anilines is 1. The van der Waals surface area contributed by atoms with E-state index in [0.717, 1.165) is 0 Å². The number of hydrogen-bond acceptors (Lipinski definition) is 5. The SMILES string of the molecule is Cc1ncccc1NC(=O)C1CC(C(=O)O)=NO1. The zero-order valence-electron chi connectivity index (χ0n) is 9.58. The van der Waals surface area contributed by atoms with Gasteiger partial charge in [-0.2, -0.15) is 0 Å². The van der Waals surface area contributed by atoms with Crippen LogP contribution in [0.15, 0.2) is 23.5 Å². The lowest BCUT2D eigenvalue weighted by atomic mass is 10.1. The standard InChI is InChI=1S/C11H11N3O4/c1-6-7(3-2-4-12-6)13-10(15)9-5-8(11(16)17)14-18-9/h2-4,9H,5H2,1H3,(H,13,15)(H,16,17). The maximum absolute atomic E-state index is 11.8. The molecule has 2 rings (SSSR count). The Kier molecular flexibility index (Phi) is 3.22. The van der Waals surface area contributed by atoms with Gasteiger partial charge in [-0.15, -0.1) is 0 Å². The zero-order chi connectivity index (χ0) is 13.1. The van der Waals surface area contributed by atoms with Crippen molar-refractivity contribution in [3.8, 4) is 0 Å². The highest BCUT2D eigenvalue weighted by molar-refractivity contribution is 6.36. The van der Waals surface area contributed by atoms with E-state index in [1.165, 1.54) is 0 Å². The molecule has 1 amide bonds. The van der Waals surface area contributed by atoms with Gasteiger partial charge in [0.25, 0.3) is 5.91 Å². The fraction of sp³-hybridized carbons (Fsp3) is 0.273. The monoisotopic (exact) mass is 249 g/mol. The van der Waals surface area contributed by atoms with Crippen LogP contribution in [0, 0.1) is 6.92 Å². The summed E-state index contributed by atoms with van der Waals surface area (Å²) in [7, 11) is 0. The van der Waals surface area contributed by atoms with Crippen LogP contribution >= 0.6 is 0 Å². The quantitative estimate of drug-likeness (QED) is 0.815. The summed E-state index contributed by atoms with van der Waals surface area (Å²) in [6, 6.07) is 3.39. The fourth-order valence-corrected chi connectivity index (χ4v) is 1.47. The van der Waals surface area contributed by atoms with Crippen LogP contribution in [0.25, 0.3) is 0 Å². The number of aryl methyl sites for hydroxylation is 1. The minimum Gasteiger partial charge on any atom is -0.477 e. The van der Waals surface area contributed by atoms with Gasteiger partial charge in [-0.25, -0.2) is 4.79 Å². The van der Waals surface area contributed by atoms with E-state index >= 15 is 0 Å². The lowest BCUT2D eigenvalue weighted by Crippen LogP contribution is -2.29. The van der Waals surface area contributed by atoms with E-state index in [1.54, 1.807) is 25.3 Å². The lowest BCUT2D eigenvalue weighted by Gasteiger charge is -2.10. The molecule has 1 unspecified atom stereocenters. The van der Waals surface area contributed by atoms with E-state index in [4.69, 9.17) is 9.94 Å². The maximum atomic E-state index is 11.8. The molecule has 7 nitrogen and oxygen atoms in total. The van der Waals surface area contributed by atoms with Gasteiger partial charge in [-0.3, -0.25) is 9.78 Å². The number of nitrogens with zero attached hydrogens (tertiary/aromatic N) is 2. The molecule has 2 heterocycles. The first-order chi connectivity index (χ1) is 8.58. The van der Waals surface area contributed by atoms with Gasteiger partial charge in [0.1, 0.15) is 0 Å². The molecule has 1 aromatic rings. The summed E-state index contributed by atoms with van der Waals surface area (Å²) in [5.74, 6) is -1.62. The number of rotatable bonds is 3. The Morgan fingerprint density at radius 2 is 2.33 bits per heavy atom. The van der Waals surface area contributed by atoms with Crippen molar-refractivity contribution >= 4 is 23.3 Å². The molecule has 7 heteroatoms. The first kappa shape index (κ1) is 12.0. The van der Waals surface area contributed by atoms with Gasteiger partial charge in [-0.1, -0.05) is 5.16 Å². The molecule has 1 atom stereocenters. The summed E-state index contributed by atoms with van der Waals surface area (Å²) in [6.45, 7) is 1.75. The van der Waals surface area contributed by atoms with Crippen LogP contribution in [-0.4, -0.2) is 33.8 Å². The largest absolute Gasteiger partial charge is 0.477 e. The van der Waals surface area contributed by atoms with Gasteiger partial charge >= 0.3 is 5.97 Å². The second kappa shape index (κ2) is 4.82. The molecule has 94 valence electrons. The number of oxime groups is 1. The van der Waals surface area contributed by atoms with Gasteiger partial charge in [0.05, 0.1) is 11.4 Å². The number of carboxylic acid groups (broad SMARTS) is 1. The Morgan fingerprint density at radius 3 is 2.94 bits per heavy atom. The topological polar surface area (TPSA) is 101 Å². The molecule has 2 N–H and O–H groups in total. The summed E-state index contributed by atoms with van der Waals surface area (Å²) in [6.07, 6.45) is 0.666. The number of nitrogens with one attached hydrogen (secondary N) is 1. The number of hydrogen-bond donors (Lipinski definition) is 2. The second-order valence-corrected chi connectivity index (χ2v) is 3.77. The van der Waals surface area contributed by atoms with Crippen LogP contribution in [0.4, 0.5) is 5.69 Å². The molecule has 1 aliphatic heterocycles. The van der Waals surface area contributed by atoms with Crippen LogP contribution in [-0.2, 0) is 14.4 Å². The van der Waals surface area contributed by atoms with Crippen molar-refractivity contribution in [1.29, 1.82) is 0 Å².